The van der Waals surface area contributed by atoms with Gasteiger partial charge in [-0.15, -0.1) is 0 Å². The number of Topliss-reactive ketones (excluding diaryl/α,β-unsaturated/α-hetero) is 1. The van der Waals surface area contributed by atoms with Crippen molar-refractivity contribution in [2.45, 2.75) is 58.9 Å². The van der Waals surface area contributed by atoms with Crippen LogP contribution in [0.4, 0.5) is 0 Å². The smallest absolute Gasteiger partial charge is 0.297 e. The minimum Gasteiger partial charge on any atom is -0.297 e. The van der Waals surface area contributed by atoms with E-state index in [9.17, 15) is 14.4 Å². The fourth-order valence-corrected chi connectivity index (χ4v) is 2.07. The molecule has 0 unspecified atom stereocenters. The summed E-state index contributed by atoms with van der Waals surface area (Å²) in [7, 11) is 0. The van der Waals surface area contributed by atoms with E-state index < -0.39 is 11.2 Å². The predicted octanol–water partition coefficient (Wildman–Crippen LogP) is 2.27. The lowest BCUT2D eigenvalue weighted by atomic mass is 10.1. The van der Waals surface area contributed by atoms with Gasteiger partial charge in [0.2, 0.25) is 0 Å². The summed E-state index contributed by atoms with van der Waals surface area (Å²) in [5, 5.41) is 0. The highest BCUT2D eigenvalue weighted by Gasteiger charge is 2.12. The molecule has 5 heteroatoms. The maximum absolute atomic E-state index is 11.7. The van der Waals surface area contributed by atoms with Crippen molar-refractivity contribution in [2.75, 3.05) is 0 Å². The number of hydrogen-bond donors (Lipinski definition) is 1. The van der Waals surface area contributed by atoms with Crippen LogP contribution in [0.5, 0.6) is 0 Å². The van der Waals surface area contributed by atoms with Crippen molar-refractivity contribution in [3.05, 3.63) is 32.6 Å². The predicted molar refractivity (Wildman–Crippen MR) is 74.8 cm³/mol. The molecule has 19 heavy (non-hydrogen) atoms. The van der Waals surface area contributed by atoms with Gasteiger partial charge in [0.05, 0.1) is 5.56 Å². The topological polar surface area (TPSA) is 71.9 Å². The van der Waals surface area contributed by atoms with Gasteiger partial charge in [-0.1, -0.05) is 32.6 Å². The number of aromatic nitrogens is 2. The number of unbranched alkanes of at least 4 members (excludes halogenated alkanes) is 3. The van der Waals surface area contributed by atoms with Crippen molar-refractivity contribution >= 4 is 5.78 Å². The van der Waals surface area contributed by atoms with Crippen molar-refractivity contribution < 1.29 is 4.79 Å². The van der Waals surface area contributed by atoms with Crippen LogP contribution in [0.1, 0.15) is 69.3 Å². The molecule has 0 aromatic carbocycles. The number of nitrogens with one attached hydrogen (secondary N) is 1. The van der Waals surface area contributed by atoms with Crippen LogP contribution >= 0.6 is 0 Å². The Morgan fingerprint density at radius 3 is 2.58 bits per heavy atom. The molecule has 1 heterocycles. The first kappa shape index (κ1) is 15.4. The number of H-pyrrole nitrogens is 1. The minimum atomic E-state index is -0.605. The minimum absolute atomic E-state index is 0.0145. The molecule has 5 nitrogen and oxygen atoms in total. The van der Waals surface area contributed by atoms with E-state index in [2.05, 4.69) is 11.9 Å². The van der Waals surface area contributed by atoms with Crippen LogP contribution in [0.15, 0.2) is 15.8 Å². The molecule has 1 aromatic rings. The quantitative estimate of drug-likeness (QED) is 0.608. The first-order chi connectivity index (χ1) is 8.97. The fraction of sp³-hybridized carbons (Fsp3) is 0.643. The van der Waals surface area contributed by atoms with Gasteiger partial charge in [-0.25, -0.2) is 4.79 Å². The van der Waals surface area contributed by atoms with Crippen LogP contribution < -0.4 is 11.2 Å². The summed E-state index contributed by atoms with van der Waals surface area (Å²) in [6.45, 7) is 5.40. The van der Waals surface area contributed by atoms with Crippen molar-refractivity contribution in [2.24, 2.45) is 0 Å². The molecule has 1 rings (SSSR count). The van der Waals surface area contributed by atoms with E-state index in [1.54, 1.807) is 0 Å². The van der Waals surface area contributed by atoms with Crippen LogP contribution in [0.2, 0.25) is 0 Å². The number of aromatic amines is 1. The van der Waals surface area contributed by atoms with Gasteiger partial charge >= 0.3 is 5.69 Å². The maximum Gasteiger partial charge on any atom is 0.328 e. The van der Waals surface area contributed by atoms with E-state index in [-0.39, 0.29) is 17.4 Å². The van der Waals surface area contributed by atoms with Crippen molar-refractivity contribution in [1.82, 2.24) is 9.55 Å². The van der Waals surface area contributed by atoms with E-state index in [0.29, 0.717) is 0 Å². The molecule has 0 aliphatic heterocycles. The van der Waals surface area contributed by atoms with Crippen LogP contribution in [-0.4, -0.2) is 15.3 Å². The lowest BCUT2D eigenvalue weighted by Crippen LogP contribution is -2.34. The molecule has 0 aliphatic carbocycles. The molecule has 0 amide bonds. The zero-order valence-corrected chi connectivity index (χ0v) is 11.9. The molecule has 1 aromatic heterocycles. The first-order valence-corrected chi connectivity index (χ1v) is 6.83. The molecule has 0 saturated heterocycles. The summed E-state index contributed by atoms with van der Waals surface area (Å²) >= 11 is 0. The number of hydrogen-bond acceptors (Lipinski definition) is 3. The standard InChI is InChI=1S/C14H22N2O3/c1-4-5-6-7-8-10(2)16-9-12(11(3)17)13(18)15-14(16)19/h9-10H,4-8H2,1-3H3,(H,15,18,19)/t10-/m0/s1. The zero-order chi connectivity index (χ0) is 14.4. The van der Waals surface area contributed by atoms with E-state index >= 15 is 0 Å². The molecular weight excluding hydrogens is 244 g/mol. The SMILES string of the molecule is CCCCCC[C@H](C)n1cc(C(C)=O)c(=O)[nH]c1=O. The Kier molecular flexibility index (Phi) is 5.73. The van der Waals surface area contributed by atoms with Gasteiger partial charge in [0.15, 0.2) is 5.78 Å². The van der Waals surface area contributed by atoms with Gasteiger partial charge in [-0.2, -0.15) is 0 Å². The van der Waals surface area contributed by atoms with Crippen LogP contribution in [-0.2, 0) is 0 Å². The van der Waals surface area contributed by atoms with Gasteiger partial charge in [0, 0.05) is 12.2 Å². The highest BCUT2D eigenvalue weighted by atomic mass is 16.2. The molecule has 1 N–H and O–H groups in total. The van der Waals surface area contributed by atoms with E-state index in [1.807, 2.05) is 6.92 Å². The third-order valence-corrected chi connectivity index (χ3v) is 3.30. The zero-order valence-electron chi connectivity index (χ0n) is 11.9. The first-order valence-electron chi connectivity index (χ1n) is 6.83. The summed E-state index contributed by atoms with van der Waals surface area (Å²) in [6.07, 6.45) is 6.78. The lowest BCUT2D eigenvalue weighted by Gasteiger charge is -2.15. The van der Waals surface area contributed by atoms with Gasteiger partial charge in [-0.3, -0.25) is 19.1 Å². The number of nitrogens with zero attached hydrogens (tertiary/aromatic N) is 1. The monoisotopic (exact) mass is 266 g/mol. The fourth-order valence-electron chi connectivity index (χ4n) is 2.07. The lowest BCUT2D eigenvalue weighted by molar-refractivity contribution is 0.101. The Hall–Kier alpha value is -1.65. The second kappa shape index (κ2) is 7.07. The average molecular weight is 266 g/mol. The third-order valence-electron chi connectivity index (χ3n) is 3.30. The van der Waals surface area contributed by atoms with E-state index in [4.69, 9.17) is 0 Å². The molecule has 0 saturated carbocycles. The maximum atomic E-state index is 11.7. The summed E-state index contributed by atoms with van der Waals surface area (Å²) in [5.41, 5.74) is -1.01. The molecule has 0 spiro atoms. The molecule has 106 valence electrons. The third kappa shape index (κ3) is 4.19. The molecule has 1 atom stereocenters. The molecule has 0 fully saturated rings. The highest BCUT2D eigenvalue weighted by molar-refractivity contribution is 5.93. The van der Waals surface area contributed by atoms with E-state index in [0.717, 1.165) is 19.3 Å². The van der Waals surface area contributed by atoms with Crippen LogP contribution in [0.3, 0.4) is 0 Å². The van der Waals surface area contributed by atoms with Crippen molar-refractivity contribution in [3.8, 4) is 0 Å². The van der Waals surface area contributed by atoms with Gasteiger partial charge in [0.25, 0.3) is 5.56 Å². The number of rotatable bonds is 7. The highest BCUT2D eigenvalue weighted by Crippen LogP contribution is 2.13. The van der Waals surface area contributed by atoms with Gasteiger partial charge in [-0.05, 0) is 20.3 Å². The Balaban J connectivity index is 2.87. The molecule has 0 aliphatic rings. The number of carbonyl (C=O) groups excluding carboxylic acids is 1. The van der Waals surface area contributed by atoms with Gasteiger partial charge < -0.3 is 0 Å². The summed E-state index contributed by atoms with van der Waals surface area (Å²) in [5.74, 6) is -0.326. The molecule has 0 radical (unpaired) electrons. The van der Waals surface area contributed by atoms with Crippen molar-refractivity contribution in [1.29, 1.82) is 0 Å². The Morgan fingerprint density at radius 1 is 1.32 bits per heavy atom. The summed E-state index contributed by atoms with van der Waals surface area (Å²) < 4.78 is 1.45. The second-order valence-corrected chi connectivity index (χ2v) is 4.96. The summed E-state index contributed by atoms with van der Waals surface area (Å²) in [6, 6.07) is -0.0145. The largest absolute Gasteiger partial charge is 0.328 e. The van der Waals surface area contributed by atoms with Crippen LogP contribution in [0.25, 0.3) is 0 Å². The molecule has 0 bridgehead atoms. The Labute approximate surface area is 112 Å². The van der Waals surface area contributed by atoms with Crippen molar-refractivity contribution in [3.63, 3.8) is 0 Å². The number of carbonyl (C=O) groups is 1. The molecular formula is C14H22N2O3. The normalized spacial score (nSPS) is 12.4. The van der Waals surface area contributed by atoms with E-state index in [1.165, 1.54) is 30.5 Å². The summed E-state index contributed by atoms with van der Waals surface area (Å²) in [4.78, 5) is 36.7. The van der Waals surface area contributed by atoms with Crippen LogP contribution in [0, 0.1) is 0 Å². The average Bonchev–Trinajstić information content (AvgIpc) is 2.34. The Morgan fingerprint density at radius 2 is 2.00 bits per heavy atom. The van der Waals surface area contributed by atoms with Gasteiger partial charge in [0.1, 0.15) is 0 Å². The second-order valence-electron chi connectivity index (χ2n) is 4.96. The number of ketones is 1. The Bertz CT molecular complexity index is 542.